The highest BCUT2D eigenvalue weighted by atomic mass is 79.9. The van der Waals surface area contributed by atoms with Crippen LogP contribution in [-0.2, 0) is 4.79 Å². The van der Waals surface area contributed by atoms with Crippen molar-refractivity contribution in [2.75, 3.05) is 6.61 Å². The van der Waals surface area contributed by atoms with E-state index in [1.54, 1.807) is 54.6 Å². The van der Waals surface area contributed by atoms with Crippen molar-refractivity contribution < 1.29 is 14.3 Å². The maximum absolute atomic E-state index is 11.8. The van der Waals surface area contributed by atoms with Gasteiger partial charge in [-0.2, -0.15) is 10.5 Å². The van der Waals surface area contributed by atoms with Gasteiger partial charge in [0.25, 0.3) is 0 Å². The first-order chi connectivity index (χ1) is 11.6. The smallest absolute Gasteiger partial charge is 0.349 e. The number of benzene rings is 2. The molecule has 118 valence electrons. The van der Waals surface area contributed by atoms with Crippen LogP contribution in [0.4, 0.5) is 0 Å². The Labute approximate surface area is 147 Å². The summed E-state index contributed by atoms with van der Waals surface area (Å²) in [6.07, 6.45) is 1.45. The highest BCUT2D eigenvalue weighted by molar-refractivity contribution is 9.10. The van der Waals surface area contributed by atoms with E-state index in [1.165, 1.54) is 6.08 Å². The topological polar surface area (TPSA) is 83.1 Å². The second-order valence-electron chi connectivity index (χ2n) is 4.57. The van der Waals surface area contributed by atoms with Gasteiger partial charge in [-0.05, 0) is 42.0 Å². The first-order valence-corrected chi connectivity index (χ1v) is 7.61. The van der Waals surface area contributed by atoms with Gasteiger partial charge in [-0.1, -0.05) is 34.1 Å². The van der Waals surface area contributed by atoms with Crippen molar-refractivity contribution in [3.63, 3.8) is 0 Å². The molecule has 0 spiro atoms. The molecule has 0 fully saturated rings. The number of carbonyl (C=O) groups excluding carboxylic acids is 1. The van der Waals surface area contributed by atoms with Crippen molar-refractivity contribution in [1.82, 2.24) is 0 Å². The summed E-state index contributed by atoms with van der Waals surface area (Å²) in [7, 11) is 0. The van der Waals surface area contributed by atoms with E-state index < -0.39 is 5.97 Å². The van der Waals surface area contributed by atoms with E-state index in [1.807, 2.05) is 6.07 Å². The number of allylic oxidation sites excluding steroid dienone is 1. The molecule has 0 bridgehead atoms. The largest absolute Gasteiger partial charge is 0.482 e. The molecular weight excluding hydrogens is 372 g/mol. The molecule has 6 heteroatoms. The zero-order valence-electron chi connectivity index (χ0n) is 12.4. The van der Waals surface area contributed by atoms with E-state index in [2.05, 4.69) is 15.9 Å². The van der Waals surface area contributed by atoms with Crippen LogP contribution in [-0.4, -0.2) is 12.6 Å². The van der Waals surface area contributed by atoms with Crippen LogP contribution in [0.1, 0.15) is 5.56 Å². The Hall–Kier alpha value is -3.09. The molecule has 0 atom stereocenters. The fraction of sp³-hybridized carbons (Fsp3) is 0.0556. The minimum atomic E-state index is -0.534. The van der Waals surface area contributed by atoms with E-state index in [0.29, 0.717) is 17.1 Å². The Morgan fingerprint density at radius 2 is 1.79 bits per heavy atom. The average molecular weight is 383 g/mol. The van der Waals surface area contributed by atoms with Crippen LogP contribution in [0.5, 0.6) is 11.5 Å². The van der Waals surface area contributed by atoms with Gasteiger partial charge in [0.05, 0.1) is 0 Å². The molecule has 0 N–H and O–H groups in total. The van der Waals surface area contributed by atoms with Crippen LogP contribution in [0.25, 0.3) is 6.08 Å². The number of ether oxygens (including phenoxy) is 2. The number of hydrogen-bond acceptors (Lipinski definition) is 5. The van der Waals surface area contributed by atoms with Gasteiger partial charge in [0.1, 0.15) is 29.2 Å². The molecule has 0 heterocycles. The standard InChI is InChI=1S/C18H11BrN2O3/c19-15-2-1-3-17(9-15)23-12-18(22)24-16-6-4-13(5-7-16)8-14(10-20)11-21/h1-9H,12H2. The summed E-state index contributed by atoms with van der Waals surface area (Å²) < 4.78 is 11.3. The van der Waals surface area contributed by atoms with E-state index >= 15 is 0 Å². The number of rotatable bonds is 5. The third-order valence-electron chi connectivity index (χ3n) is 2.82. The molecule has 2 aromatic carbocycles. The van der Waals surface area contributed by atoms with Crippen LogP contribution in [0.15, 0.2) is 58.6 Å². The summed E-state index contributed by atoms with van der Waals surface area (Å²) >= 11 is 3.32. The molecule has 0 unspecified atom stereocenters. The predicted molar refractivity (Wildman–Crippen MR) is 90.9 cm³/mol. The Morgan fingerprint density at radius 3 is 2.42 bits per heavy atom. The fourth-order valence-electron chi connectivity index (χ4n) is 1.75. The Kier molecular flexibility index (Phi) is 6.13. The summed E-state index contributed by atoms with van der Waals surface area (Å²) in [5.74, 6) is 0.376. The van der Waals surface area contributed by atoms with E-state index in [0.717, 1.165) is 4.47 Å². The number of nitriles is 2. The third kappa shape index (κ3) is 5.28. The van der Waals surface area contributed by atoms with Crippen LogP contribution < -0.4 is 9.47 Å². The van der Waals surface area contributed by atoms with Crippen LogP contribution in [0.3, 0.4) is 0 Å². The Balaban J connectivity index is 1.92. The number of halogens is 1. The molecule has 2 rings (SSSR count). The summed E-state index contributed by atoms with van der Waals surface area (Å²) in [5.41, 5.74) is 0.667. The molecule has 5 nitrogen and oxygen atoms in total. The third-order valence-corrected chi connectivity index (χ3v) is 3.31. The van der Waals surface area contributed by atoms with Gasteiger partial charge < -0.3 is 9.47 Å². The van der Waals surface area contributed by atoms with Gasteiger partial charge in [-0.15, -0.1) is 0 Å². The molecule has 0 aliphatic rings. The molecule has 0 amide bonds. The summed E-state index contributed by atoms with van der Waals surface area (Å²) in [6, 6.07) is 17.1. The maximum atomic E-state index is 11.8. The van der Waals surface area contributed by atoms with Crippen LogP contribution in [0.2, 0.25) is 0 Å². The second kappa shape index (κ2) is 8.52. The normalized spacial score (nSPS) is 9.29. The molecule has 0 radical (unpaired) electrons. The van der Waals surface area contributed by atoms with Gasteiger partial charge >= 0.3 is 5.97 Å². The van der Waals surface area contributed by atoms with Crippen molar-refractivity contribution in [3.8, 4) is 23.6 Å². The predicted octanol–water partition coefficient (Wildman–Crippen LogP) is 3.86. The van der Waals surface area contributed by atoms with Crippen molar-refractivity contribution in [3.05, 3.63) is 64.1 Å². The monoisotopic (exact) mass is 382 g/mol. The van der Waals surface area contributed by atoms with E-state index in [4.69, 9.17) is 20.0 Å². The first-order valence-electron chi connectivity index (χ1n) is 6.82. The molecule has 24 heavy (non-hydrogen) atoms. The second-order valence-corrected chi connectivity index (χ2v) is 5.49. The lowest BCUT2D eigenvalue weighted by atomic mass is 10.1. The zero-order chi connectivity index (χ0) is 17.4. The Bertz CT molecular complexity index is 830. The number of carbonyl (C=O) groups is 1. The Morgan fingerprint density at radius 1 is 1.08 bits per heavy atom. The molecule has 0 aliphatic carbocycles. The zero-order valence-corrected chi connectivity index (χ0v) is 14.0. The molecule has 0 aliphatic heterocycles. The van der Waals surface area contributed by atoms with Crippen molar-refractivity contribution in [2.24, 2.45) is 0 Å². The number of hydrogen-bond donors (Lipinski definition) is 0. The highest BCUT2D eigenvalue weighted by Crippen LogP contribution is 2.18. The molecule has 2 aromatic rings. The summed E-state index contributed by atoms with van der Waals surface area (Å²) in [4.78, 5) is 11.8. The quantitative estimate of drug-likeness (QED) is 0.445. The summed E-state index contributed by atoms with van der Waals surface area (Å²) in [6.45, 7) is -0.217. The van der Waals surface area contributed by atoms with Gasteiger partial charge in [0, 0.05) is 4.47 Å². The molecule has 0 aromatic heterocycles. The van der Waals surface area contributed by atoms with E-state index in [9.17, 15) is 4.79 Å². The molecular formula is C18H11BrN2O3. The van der Waals surface area contributed by atoms with Gasteiger partial charge in [-0.3, -0.25) is 0 Å². The number of nitrogens with zero attached hydrogens (tertiary/aromatic N) is 2. The molecule has 0 saturated carbocycles. The average Bonchev–Trinajstić information content (AvgIpc) is 2.59. The number of esters is 1. The lowest BCUT2D eigenvalue weighted by Crippen LogP contribution is -2.17. The van der Waals surface area contributed by atoms with Crippen molar-refractivity contribution in [1.29, 1.82) is 10.5 Å². The summed E-state index contributed by atoms with van der Waals surface area (Å²) in [5, 5.41) is 17.4. The van der Waals surface area contributed by atoms with Gasteiger partial charge in [-0.25, -0.2) is 4.79 Å². The first kappa shape index (κ1) is 17.3. The fourth-order valence-corrected chi connectivity index (χ4v) is 2.13. The minimum Gasteiger partial charge on any atom is -0.482 e. The lowest BCUT2D eigenvalue weighted by molar-refractivity contribution is -0.136. The van der Waals surface area contributed by atoms with Crippen LogP contribution >= 0.6 is 15.9 Å². The lowest BCUT2D eigenvalue weighted by Gasteiger charge is -2.07. The molecule has 0 saturated heterocycles. The van der Waals surface area contributed by atoms with E-state index in [-0.39, 0.29) is 12.2 Å². The van der Waals surface area contributed by atoms with Gasteiger partial charge in [0.2, 0.25) is 0 Å². The SMILES string of the molecule is N#CC(C#N)=Cc1ccc(OC(=O)COc2cccc(Br)c2)cc1. The van der Waals surface area contributed by atoms with Gasteiger partial charge in [0.15, 0.2) is 6.61 Å². The van der Waals surface area contributed by atoms with Crippen molar-refractivity contribution >= 4 is 28.0 Å². The van der Waals surface area contributed by atoms with Crippen LogP contribution in [0, 0.1) is 22.7 Å². The van der Waals surface area contributed by atoms with Crippen molar-refractivity contribution in [2.45, 2.75) is 0 Å². The maximum Gasteiger partial charge on any atom is 0.349 e. The highest BCUT2D eigenvalue weighted by Gasteiger charge is 2.06. The minimum absolute atomic E-state index is 0.00201.